The van der Waals surface area contributed by atoms with E-state index in [0.717, 1.165) is 18.2 Å². The van der Waals surface area contributed by atoms with Gasteiger partial charge in [0.25, 0.3) is 0 Å². The summed E-state index contributed by atoms with van der Waals surface area (Å²) in [6, 6.07) is 7.17. The molecule has 0 aromatic heterocycles. The van der Waals surface area contributed by atoms with Gasteiger partial charge in [-0.15, -0.1) is 0 Å². The molecule has 2 aromatic carbocycles. The molecule has 0 saturated heterocycles. The molecule has 0 bridgehead atoms. The fourth-order valence-electron chi connectivity index (χ4n) is 1.75. The summed E-state index contributed by atoms with van der Waals surface area (Å²) in [6.07, 6.45) is 0. The van der Waals surface area contributed by atoms with Gasteiger partial charge in [0.05, 0.1) is 9.82 Å². The van der Waals surface area contributed by atoms with Crippen LogP contribution in [-0.2, 0) is 16.6 Å². The topological polar surface area (TPSA) is 113 Å². The Bertz CT molecular complexity index is 873. The van der Waals surface area contributed by atoms with Gasteiger partial charge in [-0.05, 0) is 30.3 Å². The van der Waals surface area contributed by atoms with E-state index in [0.29, 0.717) is 4.47 Å². The van der Waals surface area contributed by atoms with E-state index in [2.05, 4.69) is 15.9 Å². The van der Waals surface area contributed by atoms with Crippen molar-refractivity contribution in [2.45, 2.75) is 11.5 Å². The molecule has 7 nitrogen and oxygen atoms in total. The summed E-state index contributed by atoms with van der Waals surface area (Å²) in [7, 11) is -4.08. The average Bonchev–Trinajstić information content (AvgIpc) is 2.47. The minimum Gasteiger partial charge on any atom is -0.482 e. The van der Waals surface area contributed by atoms with Crippen LogP contribution in [0.15, 0.2) is 45.8 Å². The minimum absolute atomic E-state index is 0.184. The molecule has 0 heterocycles. The van der Waals surface area contributed by atoms with E-state index >= 15 is 0 Å². The Balaban J connectivity index is 2.33. The number of nitro benzene ring substituents is 1. The zero-order valence-electron chi connectivity index (χ0n) is 11.4. The van der Waals surface area contributed by atoms with Crippen molar-refractivity contribution < 1.29 is 22.5 Å². The average molecular weight is 405 g/mol. The van der Waals surface area contributed by atoms with Crippen molar-refractivity contribution in [3.8, 4) is 5.75 Å². The molecular formula is C13H10BrFN2O5S. The van der Waals surface area contributed by atoms with E-state index in [-0.39, 0.29) is 17.9 Å². The van der Waals surface area contributed by atoms with Crippen molar-refractivity contribution in [3.05, 3.63) is 62.4 Å². The van der Waals surface area contributed by atoms with Crippen molar-refractivity contribution in [1.82, 2.24) is 0 Å². The summed E-state index contributed by atoms with van der Waals surface area (Å²) in [5.41, 5.74) is -0.392. The molecule has 0 aliphatic rings. The third kappa shape index (κ3) is 4.24. The molecule has 23 heavy (non-hydrogen) atoms. The molecular weight excluding hydrogens is 395 g/mol. The van der Waals surface area contributed by atoms with Crippen LogP contribution in [0.3, 0.4) is 0 Å². The monoisotopic (exact) mass is 404 g/mol. The third-order valence-corrected chi connectivity index (χ3v) is 4.25. The molecule has 0 amide bonds. The Morgan fingerprint density at radius 1 is 1.26 bits per heavy atom. The third-order valence-electron chi connectivity index (χ3n) is 2.85. The van der Waals surface area contributed by atoms with Gasteiger partial charge in [0.2, 0.25) is 10.0 Å². The second-order valence-corrected chi connectivity index (χ2v) is 6.93. The standard InChI is InChI=1S/C13H10BrFN2O5S/c14-9-1-3-11(15)8(5-9)7-22-13-4-2-10(23(16,20)21)6-12(13)17(18)19/h1-6H,7H2,(H2,16,20,21). The van der Waals surface area contributed by atoms with Crippen molar-refractivity contribution in [2.75, 3.05) is 0 Å². The maximum atomic E-state index is 13.6. The molecule has 0 unspecified atom stereocenters. The van der Waals surface area contributed by atoms with Crippen LogP contribution in [0.5, 0.6) is 5.75 Å². The number of sulfonamides is 1. The number of nitro groups is 1. The van der Waals surface area contributed by atoms with Crippen LogP contribution >= 0.6 is 15.9 Å². The van der Waals surface area contributed by atoms with Crippen molar-refractivity contribution >= 4 is 31.6 Å². The molecule has 0 aliphatic heterocycles. The van der Waals surface area contributed by atoms with Gasteiger partial charge < -0.3 is 4.74 Å². The number of hydrogen-bond acceptors (Lipinski definition) is 5. The number of primary sulfonamides is 1. The summed E-state index contributed by atoms with van der Waals surface area (Å²) in [5, 5.41) is 16.0. The van der Waals surface area contributed by atoms with Crippen molar-refractivity contribution in [3.63, 3.8) is 0 Å². The van der Waals surface area contributed by atoms with E-state index in [4.69, 9.17) is 9.88 Å². The second kappa shape index (κ2) is 6.60. The lowest BCUT2D eigenvalue weighted by atomic mass is 10.2. The molecule has 122 valence electrons. The van der Waals surface area contributed by atoms with Crippen LogP contribution < -0.4 is 9.88 Å². The molecule has 0 fully saturated rings. The van der Waals surface area contributed by atoms with E-state index in [9.17, 15) is 22.9 Å². The molecule has 0 atom stereocenters. The summed E-state index contributed by atoms with van der Waals surface area (Å²) < 4.78 is 42.0. The first-order valence-electron chi connectivity index (χ1n) is 6.06. The van der Waals surface area contributed by atoms with Crippen LogP contribution in [0.25, 0.3) is 0 Å². The van der Waals surface area contributed by atoms with Crippen LogP contribution in [0.4, 0.5) is 10.1 Å². The second-order valence-electron chi connectivity index (χ2n) is 4.46. The number of rotatable bonds is 5. The molecule has 2 rings (SSSR count). The molecule has 0 aliphatic carbocycles. The zero-order valence-corrected chi connectivity index (χ0v) is 13.8. The van der Waals surface area contributed by atoms with E-state index in [1.54, 1.807) is 0 Å². The maximum Gasteiger partial charge on any atom is 0.312 e. The van der Waals surface area contributed by atoms with Crippen LogP contribution in [0.2, 0.25) is 0 Å². The Morgan fingerprint density at radius 3 is 2.57 bits per heavy atom. The maximum absolute atomic E-state index is 13.6. The van der Waals surface area contributed by atoms with Crippen LogP contribution in [0, 0.1) is 15.9 Å². The minimum atomic E-state index is -4.08. The normalized spacial score (nSPS) is 11.3. The Labute approximate surface area is 139 Å². The van der Waals surface area contributed by atoms with E-state index in [1.807, 2.05) is 0 Å². The van der Waals surface area contributed by atoms with Gasteiger partial charge in [-0.3, -0.25) is 10.1 Å². The summed E-state index contributed by atoms with van der Waals surface area (Å²) in [6.45, 7) is -0.263. The number of ether oxygens (including phenoxy) is 1. The Kier molecular flexibility index (Phi) is 4.97. The van der Waals surface area contributed by atoms with Gasteiger partial charge in [-0.25, -0.2) is 17.9 Å². The smallest absolute Gasteiger partial charge is 0.312 e. The van der Waals surface area contributed by atoms with Gasteiger partial charge in [0.1, 0.15) is 12.4 Å². The highest BCUT2D eigenvalue weighted by Gasteiger charge is 2.20. The van der Waals surface area contributed by atoms with Gasteiger partial charge >= 0.3 is 5.69 Å². The lowest BCUT2D eigenvalue weighted by Crippen LogP contribution is -2.12. The Hall–Kier alpha value is -2.04. The molecule has 2 aromatic rings. The first-order valence-corrected chi connectivity index (χ1v) is 8.40. The quantitative estimate of drug-likeness (QED) is 0.607. The summed E-state index contributed by atoms with van der Waals surface area (Å²) in [4.78, 5) is 9.83. The number of benzene rings is 2. The lowest BCUT2D eigenvalue weighted by Gasteiger charge is -2.09. The predicted octanol–water partition coefficient (Wildman–Crippen LogP) is 2.72. The first kappa shape index (κ1) is 17.3. The van der Waals surface area contributed by atoms with Gasteiger partial charge in [-0.1, -0.05) is 15.9 Å². The van der Waals surface area contributed by atoms with Crippen molar-refractivity contribution in [1.29, 1.82) is 0 Å². The van der Waals surface area contributed by atoms with Crippen LogP contribution in [-0.4, -0.2) is 13.3 Å². The predicted molar refractivity (Wildman–Crippen MR) is 82.9 cm³/mol. The SMILES string of the molecule is NS(=O)(=O)c1ccc(OCc2cc(Br)ccc2F)c([N+](=O)[O-])c1. The highest BCUT2D eigenvalue weighted by atomic mass is 79.9. The lowest BCUT2D eigenvalue weighted by molar-refractivity contribution is -0.386. The molecule has 10 heteroatoms. The number of halogens is 2. The summed E-state index contributed by atoms with van der Waals surface area (Å²) in [5.74, 6) is -0.723. The highest BCUT2D eigenvalue weighted by Crippen LogP contribution is 2.30. The number of hydrogen-bond donors (Lipinski definition) is 1. The largest absolute Gasteiger partial charge is 0.482 e. The van der Waals surface area contributed by atoms with E-state index in [1.165, 1.54) is 18.2 Å². The fraction of sp³-hybridized carbons (Fsp3) is 0.0769. The van der Waals surface area contributed by atoms with Gasteiger partial charge in [0.15, 0.2) is 5.75 Å². The zero-order chi connectivity index (χ0) is 17.2. The van der Waals surface area contributed by atoms with Crippen LogP contribution in [0.1, 0.15) is 5.56 Å². The highest BCUT2D eigenvalue weighted by molar-refractivity contribution is 9.10. The molecule has 0 spiro atoms. The fourth-order valence-corrected chi connectivity index (χ4v) is 2.69. The number of nitrogens with zero attached hydrogens (tertiary/aromatic N) is 1. The van der Waals surface area contributed by atoms with Crippen molar-refractivity contribution in [2.24, 2.45) is 5.14 Å². The Morgan fingerprint density at radius 2 is 1.96 bits per heavy atom. The number of nitrogens with two attached hydrogens (primary N) is 1. The molecule has 2 N–H and O–H groups in total. The molecule has 0 radical (unpaired) electrons. The van der Waals surface area contributed by atoms with Gasteiger partial charge in [-0.2, -0.15) is 0 Å². The van der Waals surface area contributed by atoms with E-state index < -0.39 is 31.3 Å². The first-order chi connectivity index (χ1) is 10.7. The molecule has 0 saturated carbocycles. The van der Waals surface area contributed by atoms with Gasteiger partial charge in [0, 0.05) is 16.1 Å². The summed E-state index contributed by atoms with van der Waals surface area (Å²) >= 11 is 3.18.